The second-order valence-corrected chi connectivity index (χ2v) is 5.26. The molecule has 0 aliphatic carbocycles. The van der Waals surface area contributed by atoms with Gasteiger partial charge in [-0.1, -0.05) is 43.3 Å². The van der Waals surface area contributed by atoms with Crippen LogP contribution in [-0.4, -0.2) is 0 Å². The summed E-state index contributed by atoms with van der Waals surface area (Å²) in [6, 6.07) is 15.7. The lowest BCUT2D eigenvalue weighted by molar-refractivity contribution is 0.454. The summed E-state index contributed by atoms with van der Waals surface area (Å²) in [5.74, 6) is -0.185. The second-order valence-electron chi connectivity index (χ2n) is 5.26. The third-order valence-corrected chi connectivity index (χ3v) is 3.79. The molecule has 0 amide bonds. The number of halogens is 1. The lowest BCUT2D eigenvalue weighted by Crippen LogP contribution is -2.24. The zero-order chi connectivity index (χ0) is 14.5. The van der Waals surface area contributed by atoms with E-state index in [-0.39, 0.29) is 17.9 Å². The Morgan fingerprint density at radius 3 is 2.30 bits per heavy atom. The molecule has 2 aromatic rings. The fourth-order valence-corrected chi connectivity index (χ4v) is 2.61. The van der Waals surface area contributed by atoms with Crippen molar-refractivity contribution in [3.63, 3.8) is 0 Å². The van der Waals surface area contributed by atoms with Crippen molar-refractivity contribution in [1.82, 2.24) is 5.32 Å². The molecular formula is C18H22FN. The van der Waals surface area contributed by atoms with Crippen LogP contribution in [0, 0.1) is 12.7 Å². The third-order valence-electron chi connectivity index (χ3n) is 3.79. The molecule has 0 saturated carbocycles. The van der Waals surface area contributed by atoms with Crippen molar-refractivity contribution in [1.29, 1.82) is 0 Å². The van der Waals surface area contributed by atoms with Crippen molar-refractivity contribution in [2.45, 2.75) is 39.3 Å². The first-order chi connectivity index (χ1) is 9.61. The highest BCUT2D eigenvalue weighted by Gasteiger charge is 2.14. The molecule has 0 aliphatic heterocycles. The number of hydrogen-bond donors (Lipinski definition) is 1. The van der Waals surface area contributed by atoms with Crippen LogP contribution in [0.25, 0.3) is 0 Å². The molecular weight excluding hydrogens is 249 g/mol. The molecule has 2 aromatic carbocycles. The third kappa shape index (κ3) is 3.45. The molecule has 2 atom stereocenters. The van der Waals surface area contributed by atoms with Gasteiger partial charge in [-0.15, -0.1) is 0 Å². The lowest BCUT2D eigenvalue weighted by atomic mass is 9.99. The van der Waals surface area contributed by atoms with E-state index in [4.69, 9.17) is 0 Å². The fraction of sp³-hybridized carbons (Fsp3) is 0.333. The van der Waals surface area contributed by atoms with Crippen molar-refractivity contribution in [2.75, 3.05) is 0 Å². The van der Waals surface area contributed by atoms with E-state index in [1.165, 1.54) is 23.3 Å². The number of rotatable bonds is 5. The van der Waals surface area contributed by atoms with E-state index in [9.17, 15) is 4.39 Å². The highest BCUT2D eigenvalue weighted by Crippen LogP contribution is 2.24. The van der Waals surface area contributed by atoms with Gasteiger partial charge in [-0.25, -0.2) is 4.39 Å². The van der Waals surface area contributed by atoms with Crippen LogP contribution in [-0.2, 0) is 0 Å². The van der Waals surface area contributed by atoms with Crippen molar-refractivity contribution in [3.05, 3.63) is 71.0 Å². The van der Waals surface area contributed by atoms with Gasteiger partial charge in [0.2, 0.25) is 0 Å². The molecule has 0 heterocycles. The molecule has 0 fully saturated rings. The van der Waals surface area contributed by atoms with Crippen molar-refractivity contribution < 1.29 is 4.39 Å². The van der Waals surface area contributed by atoms with E-state index >= 15 is 0 Å². The smallest absolute Gasteiger partial charge is 0.123 e. The Morgan fingerprint density at radius 2 is 1.70 bits per heavy atom. The van der Waals surface area contributed by atoms with Crippen LogP contribution < -0.4 is 5.32 Å². The molecule has 1 N–H and O–H groups in total. The van der Waals surface area contributed by atoms with Crippen LogP contribution in [0.2, 0.25) is 0 Å². The minimum absolute atomic E-state index is 0.185. The SMILES string of the molecule is CCC(N[C@H](C)c1ccccc1C)c1ccc(F)cc1. The van der Waals surface area contributed by atoms with Gasteiger partial charge in [-0.3, -0.25) is 0 Å². The fourth-order valence-electron chi connectivity index (χ4n) is 2.61. The van der Waals surface area contributed by atoms with E-state index in [2.05, 4.69) is 50.4 Å². The zero-order valence-electron chi connectivity index (χ0n) is 12.4. The van der Waals surface area contributed by atoms with Gasteiger partial charge >= 0.3 is 0 Å². The van der Waals surface area contributed by atoms with Crippen molar-refractivity contribution in [3.8, 4) is 0 Å². The summed E-state index contributed by atoms with van der Waals surface area (Å²) in [6.45, 7) is 6.45. The van der Waals surface area contributed by atoms with E-state index < -0.39 is 0 Å². The van der Waals surface area contributed by atoms with E-state index in [0.29, 0.717) is 0 Å². The Morgan fingerprint density at radius 1 is 1.05 bits per heavy atom. The van der Waals surface area contributed by atoms with Gasteiger partial charge < -0.3 is 5.32 Å². The summed E-state index contributed by atoms with van der Waals surface area (Å²) in [7, 11) is 0. The number of aryl methyl sites for hydroxylation is 1. The summed E-state index contributed by atoms with van der Waals surface area (Å²) in [5, 5.41) is 3.64. The minimum Gasteiger partial charge on any atom is -0.303 e. The Hall–Kier alpha value is -1.67. The lowest BCUT2D eigenvalue weighted by Gasteiger charge is -2.24. The number of benzene rings is 2. The second kappa shape index (κ2) is 6.67. The maximum absolute atomic E-state index is 13.0. The number of nitrogens with one attached hydrogen (secondary N) is 1. The Balaban J connectivity index is 2.14. The Bertz CT molecular complexity index is 548. The van der Waals surface area contributed by atoms with Crippen molar-refractivity contribution >= 4 is 0 Å². The van der Waals surface area contributed by atoms with Crippen LogP contribution in [0.15, 0.2) is 48.5 Å². The first-order valence-electron chi connectivity index (χ1n) is 7.19. The molecule has 20 heavy (non-hydrogen) atoms. The molecule has 0 aliphatic rings. The summed E-state index contributed by atoms with van der Waals surface area (Å²) in [5.41, 5.74) is 3.74. The van der Waals surface area contributed by atoms with Crippen molar-refractivity contribution in [2.24, 2.45) is 0 Å². The molecule has 0 saturated heterocycles. The first-order valence-corrected chi connectivity index (χ1v) is 7.19. The molecule has 0 radical (unpaired) electrons. The van der Waals surface area contributed by atoms with Crippen LogP contribution in [0.3, 0.4) is 0 Å². The molecule has 1 nitrogen and oxygen atoms in total. The Kier molecular flexibility index (Phi) is 4.91. The minimum atomic E-state index is -0.185. The molecule has 0 aromatic heterocycles. The van der Waals surface area contributed by atoms with Crippen LogP contribution in [0.4, 0.5) is 4.39 Å². The molecule has 0 spiro atoms. The predicted molar refractivity (Wildman–Crippen MR) is 82.2 cm³/mol. The van der Waals surface area contributed by atoms with E-state index in [1.54, 1.807) is 0 Å². The highest BCUT2D eigenvalue weighted by molar-refractivity contribution is 5.29. The van der Waals surface area contributed by atoms with Gasteiger partial charge in [0.05, 0.1) is 0 Å². The van der Waals surface area contributed by atoms with Crippen LogP contribution >= 0.6 is 0 Å². The van der Waals surface area contributed by atoms with Gasteiger partial charge in [0.15, 0.2) is 0 Å². The molecule has 1 unspecified atom stereocenters. The first kappa shape index (κ1) is 14.7. The largest absolute Gasteiger partial charge is 0.303 e. The van der Waals surface area contributed by atoms with Crippen LogP contribution in [0.5, 0.6) is 0 Å². The van der Waals surface area contributed by atoms with Gasteiger partial charge in [0.1, 0.15) is 5.82 Å². The van der Waals surface area contributed by atoms with Gasteiger partial charge in [0, 0.05) is 12.1 Å². The summed E-state index contributed by atoms with van der Waals surface area (Å²) >= 11 is 0. The zero-order valence-corrected chi connectivity index (χ0v) is 12.4. The molecule has 0 bridgehead atoms. The summed E-state index contributed by atoms with van der Waals surface area (Å²) in [6.07, 6.45) is 0.974. The predicted octanol–water partition coefficient (Wildman–Crippen LogP) is 4.94. The van der Waals surface area contributed by atoms with Gasteiger partial charge in [-0.05, 0) is 49.1 Å². The average molecular weight is 271 g/mol. The monoisotopic (exact) mass is 271 g/mol. The topological polar surface area (TPSA) is 12.0 Å². The van der Waals surface area contributed by atoms with Gasteiger partial charge in [0.25, 0.3) is 0 Å². The number of hydrogen-bond acceptors (Lipinski definition) is 1. The molecule has 2 heteroatoms. The standard InChI is InChI=1S/C18H22FN/c1-4-18(15-9-11-16(19)12-10-15)20-14(3)17-8-6-5-7-13(17)2/h5-12,14,18,20H,4H2,1-3H3/t14-,18?/m1/s1. The van der Waals surface area contributed by atoms with E-state index in [1.807, 2.05) is 12.1 Å². The summed E-state index contributed by atoms with van der Waals surface area (Å²) < 4.78 is 13.0. The molecule has 106 valence electrons. The average Bonchev–Trinajstić information content (AvgIpc) is 2.46. The van der Waals surface area contributed by atoms with E-state index in [0.717, 1.165) is 12.0 Å². The highest BCUT2D eigenvalue weighted by atomic mass is 19.1. The maximum Gasteiger partial charge on any atom is 0.123 e. The molecule has 2 rings (SSSR count). The normalized spacial score (nSPS) is 14.0. The Labute approximate surface area is 120 Å². The van der Waals surface area contributed by atoms with Crippen LogP contribution in [0.1, 0.15) is 49.0 Å². The maximum atomic E-state index is 13.0. The van der Waals surface area contributed by atoms with Gasteiger partial charge in [-0.2, -0.15) is 0 Å². The summed E-state index contributed by atoms with van der Waals surface area (Å²) in [4.78, 5) is 0. The quantitative estimate of drug-likeness (QED) is 0.812.